The number of hydrogen-bond donors (Lipinski definition) is 1. The lowest BCUT2D eigenvalue weighted by Gasteiger charge is -2.15. The minimum Gasteiger partial charge on any atom is -0.458 e. The van der Waals surface area contributed by atoms with Gasteiger partial charge in [0.2, 0.25) is 0 Å². The Morgan fingerprint density at radius 1 is 1.10 bits per heavy atom. The molecule has 0 aliphatic carbocycles. The van der Waals surface area contributed by atoms with Crippen LogP contribution in [0.1, 0.15) is 17.4 Å². The maximum absolute atomic E-state index is 14.3. The van der Waals surface area contributed by atoms with Gasteiger partial charge in [0.05, 0.1) is 15.0 Å². The first-order valence-corrected chi connectivity index (χ1v) is 7.99. The summed E-state index contributed by atoms with van der Waals surface area (Å²) >= 11 is 6.69. The summed E-state index contributed by atoms with van der Waals surface area (Å²) in [5.41, 5.74) is 1.31. The van der Waals surface area contributed by atoms with E-state index in [0.717, 1.165) is 15.4 Å². The lowest BCUT2D eigenvalue weighted by Crippen LogP contribution is -2.18. The van der Waals surface area contributed by atoms with E-state index >= 15 is 0 Å². The highest BCUT2D eigenvalue weighted by Gasteiger charge is 2.21. The molecule has 21 heavy (non-hydrogen) atoms. The van der Waals surface area contributed by atoms with Crippen LogP contribution in [-0.2, 0) is 0 Å². The van der Waals surface area contributed by atoms with Crippen molar-refractivity contribution in [1.82, 2.24) is 5.32 Å². The molecule has 1 unspecified atom stereocenters. The van der Waals surface area contributed by atoms with Gasteiger partial charge in [-0.1, -0.05) is 24.3 Å². The van der Waals surface area contributed by atoms with E-state index < -0.39 is 0 Å². The standard InChI is InChI=1S/C16H12Br2FNO/c1-20-15(10-5-3-6-11(17)14(10)19)13-8-9-4-2-7-12(18)16(9)21-13/h2-8,15,20H,1H3. The summed E-state index contributed by atoms with van der Waals surface area (Å²) in [6.45, 7) is 0. The zero-order valence-electron chi connectivity index (χ0n) is 11.2. The van der Waals surface area contributed by atoms with Gasteiger partial charge < -0.3 is 9.73 Å². The Balaban J connectivity index is 2.14. The van der Waals surface area contributed by atoms with Crippen LogP contribution in [0.5, 0.6) is 0 Å². The van der Waals surface area contributed by atoms with Crippen LogP contribution in [0, 0.1) is 5.82 Å². The maximum atomic E-state index is 14.3. The van der Waals surface area contributed by atoms with Crippen LogP contribution in [0.4, 0.5) is 4.39 Å². The fraction of sp³-hybridized carbons (Fsp3) is 0.125. The summed E-state index contributed by atoms with van der Waals surface area (Å²) in [7, 11) is 1.78. The molecule has 2 aromatic carbocycles. The van der Waals surface area contributed by atoms with Gasteiger partial charge in [-0.3, -0.25) is 0 Å². The van der Waals surface area contributed by atoms with Crippen LogP contribution in [0.15, 0.2) is 55.8 Å². The Morgan fingerprint density at radius 3 is 2.52 bits per heavy atom. The molecule has 1 N–H and O–H groups in total. The Bertz CT molecular complexity index is 800. The van der Waals surface area contributed by atoms with E-state index in [1.54, 1.807) is 19.2 Å². The average molecular weight is 413 g/mol. The Labute approximate surface area is 138 Å². The van der Waals surface area contributed by atoms with E-state index in [1.807, 2.05) is 30.3 Å². The quantitative estimate of drug-likeness (QED) is 0.622. The van der Waals surface area contributed by atoms with Gasteiger partial charge in [0.25, 0.3) is 0 Å². The lowest BCUT2D eigenvalue weighted by molar-refractivity contribution is 0.475. The highest BCUT2D eigenvalue weighted by atomic mass is 79.9. The highest BCUT2D eigenvalue weighted by Crippen LogP contribution is 2.34. The zero-order chi connectivity index (χ0) is 15.0. The molecule has 1 aromatic heterocycles. The minimum absolute atomic E-state index is 0.281. The van der Waals surface area contributed by atoms with Crippen molar-refractivity contribution in [2.45, 2.75) is 6.04 Å². The summed E-state index contributed by atoms with van der Waals surface area (Å²) in [6.07, 6.45) is 0. The second kappa shape index (κ2) is 5.91. The van der Waals surface area contributed by atoms with Gasteiger partial charge in [0.15, 0.2) is 0 Å². The Hall–Kier alpha value is -1.17. The summed E-state index contributed by atoms with van der Waals surface area (Å²) in [6, 6.07) is 12.7. The van der Waals surface area contributed by atoms with Gasteiger partial charge in [-0.25, -0.2) is 4.39 Å². The SMILES string of the molecule is CNC(c1cc2cccc(Br)c2o1)c1cccc(Br)c1F. The molecular weight excluding hydrogens is 401 g/mol. The van der Waals surface area contributed by atoms with Crippen molar-refractivity contribution < 1.29 is 8.81 Å². The van der Waals surface area contributed by atoms with E-state index in [0.29, 0.717) is 15.8 Å². The molecule has 3 rings (SSSR count). The molecule has 0 spiro atoms. The minimum atomic E-state index is -0.346. The zero-order valence-corrected chi connectivity index (χ0v) is 14.3. The normalized spacial score (nSPS) is 12.8. The van der Waals surface area contributed by atoms with E-state index in [2.05, 4.69) is 37.2 Å². The highest BCUT2D eigenvalue weighted by molar-refractivity contribution is 9.11. The summed E-state index contributed by atoms with van der Waals surface area (Å²) in [5, 5.41) is 4.09. The van der Waals surface area contributed by atoms with Crippen LogP contribution in [-0.4, -0.2) is 7.05 Å². The number of rotatable bonds is 3. The van der Waals surface area contributed by atoms with Crippen LogP contribution in [0.3, 0.4) is 0 Å². The van der Waals surface area contributed by atoms with E-state index in [9.17, 15) is 4.39 Å². The van der Waals surface area contributed by atoms with Gasteiger partial charge >= 0.3 is 0 Å². The molecule has 0 aliphatic rings. The summed E-state index contributed by atoms with van der Waals surface area (Å²) in [4.78, 5) is 0. The third-order valence-electron chi connectivity index (χ3n) is 3.38. The van der Waals surface area contributed by atoms with Crippen molar-refractivity contribution in [3.05, 3.63) is 68.6 Å². The number of halogens is 3. The largest absolute Gasteiger partial charge is 0.458 e. The first-order valence-electron chi connectivity index (χ1n) is 6.41. The number of furan rings is 1. The average Bonchev–Trinajstić information content (AvgIpc) is 2.89. The van der Waals surface area contributed by atoms with Crippen molar-refractivity contribution >= 4 is 42.8 Å². The molecule has 0 amide bonds. The molecule has 0 aliphatic heterocycles. The maximum Gasteiger partial charge on any atom is 0.148 e. The molecule has 1 heterocycles. The monoisotopic (exact) mass is 411 g/mol. The smallest absolute Gasteiger partial charge is 0.148 e. The fourth-order valence-corrected chi connectivity index (χ4v) is 3.23. The molecule has 1 atom stereocenters. The second-order valence-corrected chi connectivity index (χ2v) is 6.38. The Kier molecular flexibility index (Phi) is 4.15. The predicted molar refractivity (Wildman–Crippen MR) is 88.9 cm³/mol. The molecule has 0 bridgehead atoms. The van der Waals surface area contributed by atoms with E-state index in [1.165, 1.54) is 0 Å². The third-order valence-corrected chi connectivity index (χ3v) is 4.62. The molecular formula is C16H12Br2FNO. The van der Waals surface area contributed by atoms with Gasteiger partial charge in [-0.15, -0.1) is 0 Å². The van der Waals surface area contributed by atoms with E-state index in [4.69, 9.17) is 4.42 Å². The predicted octanol–water partition coefficient (Wildman–Crippen LogP) is 5.41. The van der Waals surface area contributed by atoms with Gasteiger partial charge in [-0.2, -0.15) is 0 Å². The molecule has 0 radical (unpaired) electrons. The topological polar surface area (TPSA) is 25.2 Å². The molecule has 0 saturated carbocycles. The lowest BCUT2D eigenvalue weighted by atomic mass is 10.0. The molecule has 108 valence electrons. The first-order chi connectivity index (χ1) is 10.1. The van der Waals surface area contributed by atoms with Crippen LogP contribution < -0.4 is 5.32 Å². The van der Waals surface area contributed by atoms with Gasteiger partial charge in [0, 0.05) is 10.9 Å². The van der Waals surface area contributed by atoms with Gasteiger partial charge in [0.1, 0.15) is 17.2 Å². The van der Waals surface area contributed by atoms with E-state index in [-0.39, 0.29) is 11.9 Å². The third kappa shape index (κ3) is 2.65. The number of benzene rings is 2. The molecule has 5 heteroatoms. The first kappa shape index (κ1) is 14.8. The van der Waals surface area contributed by atoms with Crippen LogP contribution >= 0.6 is 31.9 Å². The molecule has 0 fully saturated rings. The number of fused-ring (bicyclic) bond motifs is 1. The van der Waals surface area contributed by atoms with Crippen molar-refractivity contribution in [2.75, 3.05) is 7.05 Å². The van der Waals surface area contributed by atoms with Crippen molar-refractivity contribution in [1.29, 1.82) is 0 Å². The second-order valence-electron chi connectivity index (χ2n) is 4.67. The van der Waals surface area contributed by atoms with Crippen molar-refractivity contribution in [3.8, 4) is 0 Å². The molecule has 2 nitrogen and oxygen atoms in total. The summed E-state index contributed by atoms with van der Waals surface area (Å²) in [5.74, 6) is 0.396. The molecule has 3 aromatic rings. The number of para-hydroxylation sites is 1. The van der Waals surface area contributed by atoms with Crippen molar-refractivity contribution in [2.24, 2.45) is 0 Å². The number of hydrogen-bond acceptors (Lipinski definition) is 2. The van der Waals surface area contributed by atoms with Gasteiger partial charge in [-0.05, 0) is 57.1 Å². The van der Waals surface area contributed by atoms with Crippen molar-refractivity contribution in [3.63, 3.8) is 0 Å². The van der Waals surface area contributed by atoms with Crippen LogP contribution in [0.25, 0.3) is 11.0 Å². The Morgan fingerprint density at radius 2 is 1.81 bits per heavy atom. The van der Waals surface area contributed by atoms with Crippen LogP contribution in [0.2, 0.25) is 0 Å². The summed E-state index contributed by atoms with van der Waals surface area (Å²) < 4.78 is 21.6. The fourth-order valence-electron chi connectivity index (χ4n) is 2.38. The molecule has 0 saturated heterocycles. The number of nitrogens with one attached hydrogen (secondary N) is 1.